The minimum Gasteiger partial charge on any atom is -0.504 e. The van der Waals surface area contributed by atoms with E-state index < -0.39 is 11.7 Å². The summed E-state index contributed by atoms with van der Waals surface area (Å²) < 4.78 is 22.7. The molecule has 0 saturated carbocycles. The maximum Gasteiger partial charge on any atom is 0.414 e. The van der Waals surface area contributed by atoms with Crippen molar-refractivity contribution in [3.63, 3.8) is 0 Å². The van der Waals surface area contributed by atoms with E-state index in [1.807, 2.05) is 45.0 Å². The van der Waals surface area contributed by atoms with Gasteiger partial charge in [-0.15, -0.1) is 34.5 Å². The molecule has 2 unspecified atom stereocenters. The van der Waals surface area contributed by atoms with Crippen molar-refractivity contribution in [3.8, 4) is 17.2 Å². The fraction of sp³-hybridized carbons (Fsp3) is 0.351. The first-order valence-corrected chi connectivity index (χ1v) is 18.4. The first-order valence-electron chi connectivity index (χ1n) is 16.5. The molecule has 2 aliphatic heterocycles. The van der Waals surface area contributed by atoms with E-state index in [0.29, 0.717) is 75.1 Å². The lowest BCUT2D eigenvalue weighted by Crippen LogP contribution is -2.36. The predicted octanol–water partition coefficient (Wildman–Crippen LogP) is 8.97. The maximum absolute atomic E-state index is 13.4. The average molecular weight is 768 g/mol. The van der Waals surface area contributed by atoms with Crippen molar-refractivity contribution >= 4 is 90.2 Å². The highest BCUT2D eigenvalue weighted by Gasteiger charge is 2.39. The number of phenolic OH excluding ortho intramolecular Hbond substituents is 2. The van der Waals surface area contributed by atoms with Gasteiger partial charge in [0.15, 0.2) is 34.4 Å². The van der Waals surface area contributed by atoms with Gasteiger partial charge in [-0.05, 0) is 50.4 Å². The quantitative estimate of drug-likeness (QED) is 0.166. The van der Waals surface area contributed by atoms with Gasteiger partial charge in [-0.1, -0.05) is 0 Å². The Balaban J connectivity index is 0.000000167. The summed E-state index contributed by atoms with van der Waals surface area (Å²) in [5.74, 6) is 1.94. The molecular weight excluding hydrogens is 731 g/mol. The summed E-state index contributed by atoms with van der Waals surface area (Å²) in [4.78, 5) is 38.4. The number of carbonyl (C=O) groups excluding carboxylic acids is 2. The number of amides is 2. The van der Waals surface area contributed by atoms with Crippen LogP contribution < -0.4 is 14.5 Å². The van der Waals surface area contributed by atoms with E-state index in [1.54, 1.807) is 31.9 Å². The molecule has 3 aromatic heterocycles. The summed E-state index contributed by atoms with van der Waals surface area (Å²) >= 11 is 13.7. The lowest BCUT2D eigenvalue weighted by molar-refractivity contribution is 0.0582. The number of anilines is 2. The number of carbonyl (C=O) groups is 2. The zero-order chi connectivity index (χ0) is 37.2. The molecule has 12 nitrogen and oxygen atoms in total. The lowest BCUT2D eigenvalue weighted by atomic mass is 10.0. The second kappa shape index (κ2) is 13.4. The third-order valence-electron chi connectivity index (χ3n) is 8.91. The Labute approximate surface area is 312 Å². The fourth-order valence-electron chi connectivity index (χ4n) is 6.75. The van der Waals surface area contributed by atoms with Gasteiger partial charge in [0.05, 0.1) is 23.4 Å². The van der Waals surface area contributed by atoms with Crippen LogP contribution >= 0.6 is 34.5 Å². The van der Waals surface area contributed by atoms with Crippen LogP contribution in [0.5, 0.6) is 17.2 Å². The number of ether oxygens (including phenoxy) is 2. The molecule has 3 aromatic carbocycles. The van der Waals surface area contributed by atoms with Gasteiger partial charge in [0.2, 0.25) is 0 Å². The Morgan fingerprint density at radius 1 is 0.885 bits per heavy atom. The third-order valence-corrected chi connectivity index (χ3v) is 10.8. The molecule has 6 aromatic rings. The average Bonchev–Trinajstić information content (AvgIpc) is 3.91. The van der Waals surface area contributed by atoms with Crippen molar-refractivity contribution < 1.29 is 38.1 Å². The van der Waals surface area contributed by atoms with Crippen molar-refractivity contribution in [2.75, 3.05) is 41.8 Å². The highest BCUT2D eigenvalue weighted by Crippen LogP contribution is 2.47. The summed E-state index contributed by atoms with van der Waals surface area (Å²) in [5.41, 5.74) is 4.04. The lowest BCUT2D eigenvalue weighted by Gasteiger charge is -2.25. The van der Waals surface area contributed by atoms with E-state index in [2.05, 4.69) is 9.97 Å². The molecule has 2 atom stereocenters. The van der Waals surface area contributed by atoms with E-state index in [-0.39, 0.29) is 29.2 Å². The largest absolute Gasteiger partial charge is 0.504 e. The molecule has 52 heavy (non-hydrogen) atoms. The van der Waals surface area contributed by atoms with E-state index in [4.69, 9.17) is 41.5 Å². The molecule has 15 heteroatoms. The van der Waals surface area contributed by atoms with E-state index in [0.717, 1.165) is 27.0 Å². The number of oxazole rings is 2. The smallest absolute Gasteiger partial charge is 0.414 e. The van der Waals surface area contributed by atoms with Gasteiger partial charge in [-0.2, -0.15) is 0 Å². The number of hydrogen-bond donors (Lipinski definition) is 2. The van der Waals surface area contributed by atoms with Gasteiger partial charge in [0.1, 0.15) is 22.4 Å². The molecule has 5 heterocycles. The predicted molar refractivity (Wildman–Crippen MR) is 201 cm³/mol. The van der Waals surface area contributed by atoms with Crippen molar-refractivity contribution in [3.05, 3.63) is 64.2 Å². The van der Waals surface area contributed by atoms with Crippen LogP contribution in [0.25, 0.3) is 32.3 Å². The second-order valence-electron chi connectivity index (χ2n) is 13.7. The summed E-state index contributed by atoms with van der Waals surface area (Å²) in [6.45, 7) is 9.68. The van der Waals surface area contributed by atoms with Crippen molar-refractivity contribution in [1.82, 2.24) is 9.97 Å². The number of aryl methyl sites for hydroxylation is 2. The van der Waals surface area contributed by atoms with Crippen LogP contribution in [0.2, 0.25) is 0 Å². The van der Waals surface area contributed by atoms with E-state index in [1.165, 1.54) is 22.3 Å². The summed E-state index contributed by atoms with van der Waals surface area (Å²) in [5, 5.41) is 21.6. The third kappa shape index (κ3) is 6.24. The number of aromatic hydroxyl groups is 2. The maximum atomic E-state index is 13.4. The molecule has 2 amide bonds. The minimum atomic E-state index is -0.604. The Bertz CT molecular complexity index is 2380. The summed E-state index contributed by atoms with van der Waals surface area (Å²) in [7, 11) is 1.62. The van der Waals surface area contributed by atoms with Crippen LogP contribution in [-0.4, -0.2) is 69.7 Å². The Morgan fingerprint density at radius 3 is 1.94 bits per heavy atom. The number of rotatable bonds is 4. The summed E-state index contributed by atoms with van der Waals surface area (Å²) in [6.07, 6.45) is -0.467. The van der Waals surface area contributed by atoms with Gasteiger partial charge in [-0.3, -0.25) is 9.69 Å². The molecule has 2 N–H and O–H groups in total. The van der Waals surface area contributed by atoms with Gasteiger partial charge in [0.25, 0.3) is 5.91 Å². The van der Waals surface area contributed by atoms with Crippen LogP contribution in [0.4, 0.5) is 16.2 Å². The Hall–Kier alpha value is -4.72. The zero-order valence-electron chi connectivity index (χ0n) is 29.2. The van der Waals surface area contributed by atoms with E-state index in [9.17, 15) is 19.8 Å². The van der Waals surface area contributed by atoms with Crippen LogP contribution in [0.15, 0.2) is 45.2 Å². The number of phenols is 2. The highest BCUT2D eigenvalue weighted by molar-refractivity contribution is 7.20. The fourth-order valence-corrected chi connectivity index (χ4v) is 8.24. The number of aromatic nitrogens is 2. The van der Waals surface area contributed by atoms with Gasteiger partial charge in [0, 0.05) is 78.5 Å². The SMILES string of the molecule is COc1ccc2sc(C(=O)N3CC(CCl)c4c3cc(O)c3oc(C)nc43)cc2c1.Cc1nc2c3c(cc(O)c2o1)N(C(=O)OC(C)(C)C)CC3CCl. The van der Waals surface area contributed by atoms with Crippen molar-refractivity contribution in [2.24, 2.45) is 0 Å². The Morgan fingerprint density at radius 2 is 1.42 bits per heavy atom. The zero-order valence-corrected chi connectivity index (χ0v) is 31.6. The van der Waals surface area contributed by atoms with Crippen LogP contribution in [0, 0.1) is 13.8 Å². The number of hydrogen-bond acceptors (Lipinski definition) is 11. The first-order chi connectivity index (χ1) is 24.7. The standard InChI is InChI=1S/C21H17ClN2O4S.C16H19ClN2O4/c1-10-23-19-18-12(8-22)9-24(14(18)7-15(25)20(19)28-10)21(26)17-6-11-5-13(27-2)3-4-16(11)29-17;1-8-18-13-12-9(6-17)7-19(15(21)23-16(2,3)4)10(12)5-11(20)14(13)22-8/h3-7,12,25H,8-9H2,1-2H3;5,9,20H,6-7H2,1-4H3. The van der Waals surface area contributed by atoms with Gasteiger partial charge >= 0.3 is 6.09 Å². The molecular formula is C37H36Cl2N4O8S. The number of halogens is 2. The van der Waals surface area contributed by atoms with Crippen LogP contribution in [-0.2, 0) is 4.74 Å². The van der Waals surface area contributed by atoms with Gasteiger partial charge in [-0.25, -0.2) is 14.8 Å². The number of thiophene rings is 1. The molecule has 0 spiro atoms. The molecule has 272 valence electrons. The van der Waals surface area contributed by atoms with Crippen molar-refractivity contribution in [2.45, 2.75) is 52.1 Å². The molecule has 0 radical (unpaired) electrons. The normalized spacial score (nSPS) is 16.7. The molecule has 0 saturated heterocycles. The highest BCUT2D eigenvalue weighted by atomic mass is 35.5. The van der Waals surface area contributed by atoms with E-state index >= 15 is 0 Å². The van der Waals surface area contributed by atoms with Crippen LogP contribution in [0.3, 0.4) is 0 Å². The second-order valence-corrected chi connectivity index (χ2v) is 15.4. The van der Waals surface area contributed by atoms with Gasteiger partial charge < -0.3 is 33.4 Å². The number of benzene rings is 3. The Kier molecular flexibility index (Phi) is 9.16. The molecule has 0 aliphatic carbocycles. The monoisotopic (exact) mass is 766 g/mol. The molecule has 0 fully saturated rings. The van der Waals surface area contributed by atoms with Crippen molar-refractivity contribution in [1.29, 1.82) is 0 Å². The minimum absolute atomic E-state index is 0.0338. The summed E-state index contributed by atoms with van der Waals surface area (Å²) in [6, 6.07) is 10.7. The molecule has 2 aliphatic rings. The molecule has 8 rings (SSSR count). The number of nitrogens with zero attached hydrogens (tertiary/aromatic N) is 4. The first kappa shape index (κ1) is 35.7. The number of alkyl halides is 2. The van der Waals surface area contributed by atoms with Crippen LogP contribution in [0.1, 0.15) is 65.2 Å². The number of methoxy groups -OCH3 is 1. The number of fused-ring (bicyclic) bond motifs is 7. The topological polar surface area (TPSA) is 152 Å². The molecule has 0 bridgehead atoms.